The van der Waals surface area contributed by atoms with Crippen molar-refractivity contribution >= 4 is 17.4 Å². The quantitative estimate of drug-likeness (QED) is 0.940. The van der Waals surface area contributed by atoms with Gasteiger partial charge < -0.3 is 15.0 Å². The highest BCUT2D eigenvalue weighted by molar-refractivity contribution is 6.04. The van der Waals surface area contributed by atoms with Crippen LogP contribution < -0.4 is 15.0 Å². The fourth-order valence-corrected chi connectivity index (χ4v) is 2.71. The molecule has 1 saturated heterocycles. The number of para-hydroxylation sites is 2. The second kappa shape index (κ2) is 6.64. The Labute approximate surface area is 135 Å². The van der Waals surface area contributed by atoms with Crippen LogP contribution in [0.3, 0.4) is 0 Å². The van der Waals surface area contributed by atoms with E-state index in [0.717, 1.165) is 31.7 Å². The molecule has 0 aliphatic carbocycles. The minimum atomic E-state index is -0.263. The van der Waals surface area contributed by atoms with E-state index < -0.39 is 0 Å². The number of ether oxygens (including phenoxy) is 1. The van der Waals surface area contributed by atoms with Crippen LogP contribution in [0, 0.1) is 6.92 Å². The molecular formula is C17H20N4O2. The smallest absolute Gasteiger partial charge is 0.274 e. The molecule has 2 heterocycles. The van der Waals surface area contributed by atoms with Gasteiger partial charge in [0, 0.05) is 19.2 Å². The zero-order chi connectivity index (χ0) is 16.2. The van der Waals surface area contributed by atoms with E-state index in [2.05, 4.69) is 20.2 Å². The van der Waals surface area contributed by atoms with E-state index in [4.69, 9.17) is 4.74 Å². The lowest BCUT2D eigenvalue weighted by Crippen LogP contribution is -2.22. The number of amides is 1. The molecule has 1 N–H and O–H groups in total. The number of carbonyl (C=O) groups excluding carboxylic acids is 1. The van der Waals surface area contributed by atoms with Gasteiger partial charge in [0.05, 0.1) is 12.8 Å². The van der Waals surface area contributed by atoms with Crippen LogP contribution in [0.2, 0.25) is 0 Å². The van der Waals surface area contributed by atoms with Crippen molar-refractivity contribution in [1.29, 1.82) is 0 Å². The van der Waals surface area contributed by atoms with E-state index in [1.165, 1.54) is 0 Å². The number of hydrogen-bond acceptors (Lipinski definition) is 5. The minimum absolute atomic E-state index is 0.263. The SMILES string of the molecule is COc1ccccc1NC(=O)c1cc(N2CCCC2)nc(C)n1. The molecule has 1 amide bonds. The van der Waals surface area contributed by atoms with Crippen molar-refractivity contribution in [2.24, 2.45) is 0 Å². The predicted molar refractivity (Wildman–Crippen MR) is 89.2 cm³/mol. The zero-order valence-electron chi connectivity index (χ0n) is 13.4. The third kappa shape index (κ3) is 3.41. The largest absolute Gasteiger partial charge is 0.495 e. The number of aromatic nitrogens is 2. The monoisotopic (exact) mass is 312 g/mol. The summed E-state index contributed by atoms with van der Waals surface area (Å²) in [7, 11) is 1.57. The number of nitrogens with one attached hydrogen (secondary N) is 1. The van der Waals surface area contributed by atoms with Crippen molar-refractivity contribution in [2.75, 3.05) is 30.4 Å². The third-order valence-corrected chi connectivity index (χ3v) is 3.84. The summed E-state index contributed by atoms with van der Waals surface area (Å²) in [6.07, 6.45) is 2.32. The lowest BCUT2D eigenvalue weighted by molar-refractivity contribution is 0.102. The molecule has 3 rings (SSSR count). The Balaban J connectivity index is 1.84. The van der Waals surface area contributed by atoms with Crippen molar-refractivity contribution in [3.63, 3.8) is 0 Å². The molecule has 0 radical (unpaired) electrons. The maximum Gasteiger partial charge on any atom is 0.274 e. The highest BCUT2D eigenvalue weighted by Gasteiger charge is 2.18. The average Bonchev–Trinajstić information content (AvgIpc) is 3.09. The van der Waals surface area contributed by atoms with Crippen LogP contribution in [0.5, 0.6) is 5.75 Å². The number of methoxy groups -OCH3 is 1. The van der Waals surface area contributed by atoms with Crippen LogP contribution in [0.1, 0.15) is 29.2 Å². The standard InChI is InChI=1S/C17H20N4O2/c1-12-18-14(11-16(19-12)21-9-5-6-10-21)17(22)20-13-7-3-4-8-15(13)23-2/h3-4,7-8,11H,5-6,9-10H2,1-2H3,(H,20,22). The van der Waals surface area contributed by atoms with Gasteiger partial charge in [0.1, 0.15) is 23.1 Å². The lowest BCUT2D eigenvalue weighted by atomic mass is 10.2. The second-order valence-corrected chi connectivity index (χ2v) is 5.51. The molecule has 6 heteroatoms. The Morgan fingerprint density at radius 3 is 2.70 bits per heavy atom. The number of hydrogen-bond donors (Lipinski definition) is 1. The summed E-state index contributed by atoms with van der Waals surface area (Å²) in [5.74, 6) is 1.77. The van der Waals surface area contributed by atoms with Crippen LogP contribution in [-0.4, -0.2) is 36.1 Å². The van der Waals surface area contributed by atoms with Gasteiger partial charge in [-0.05, 0) is 31.9 Å². The highest BCUT2D eigenvalue weighted by atomic mass is 16.5. The third-order valence-electron chi connectivity index (χ3n) is 3.84. The summed E-state index contributed by atoms with van der Waals surface area (Å²) in [6.45, 7) is 3.76. The number of anilines is 2. The van der Waals surface area contributed by atoms with Gasteiger partial charge >= 0.3 is 0 Å². The van der Waals surface area contributed by atoms with Crippen LogP contribution >= 0.6 is 0 Å². The van der Waals surface area contributed by atoms with Gasteiger partial charge in [-0.25, -0.2) is 9.97 Å². The van der Waals surface area contributed by atoms with Gasteiger partial charge in [-0.2, -0.15) is 0 Å². The van der Waals surface area contributed by atoms with Crippen LogP contribution in [0.15, 0.2) is 30.3 Å². The summed E-state index contributed by atoms with van der Waals surface area (Å²) < 4.78 is 5.26. The Hall–Kier alpha value is -2.63. The maximum absolute atomic E-state index is 12.5. The molecule has 1 fully saturated rings. The molecule has 23 heavy (non-hydrogen) atoms. The van der Waals surface area contributed by atoms with Gasteiger partial charge in [-0.15, -0.1) is 0 Å². The van der Waals surface area contributed by atoms with E-state index >= 15 is 0 Å². The highest BCUT2D eigenvalue weighted by Crippen LogP contribution is 2.24. The van der Waals surface area contributed by atoms with E-state index in [0.29, 0.717) is 23.0 Å². The van der Waals surface area contributed by atoms with Crippen molar-refractivity contribution in [1.82, 2.24) is 9.97 Å². The molecule has 6 nitrogen and oxygen atoms in total. The first-order chi connectivity index (χ1) is 11.2. The van der Waals surface area contributed by atoms with Gasteiger partial charge in [0.2, 0.25) is 0 Å². The molecule has 0 atom stereocenters. The molecule has 0 spiro atoms. The first-order valence-corrected chi connectivity index (χ1v) is 7.72. The molecule has 1 aliphatic rings. The molecule has 1 aromatic heterocycles. The Morgan fingerprint density at radius 1 is 1.22 bits per heavy atom. The number of benzene rings is 1. The van der Waals surface area contributed by atoms with Crippen LogP contribution in [-0.2, 0) is 0 Å². The van der Waals surface area contributed by atoms with E-state index in [-0.39, 0.29) is 5.91 Å². The fourth-order valence-electron chi connectivity index (χ4n) is 2.71. The van der Waals surface area contributed by atoms with E-state index in [1.54, 1.807) is 32.2 Å². The minimum Gasteiger partial charge on any atom is -0.495 e. The van der Waals surface area contributed by atoms with Gasteiger partial charge in [0.15, 0.2) is 0 Å². The molecular weight excluding hydrogens is 292 g/mol. The summed E-state index contributed by atoms with van der Waals surface area (Å²) in [4.78, 5) is 23.4. The Kier molecular flexibility index (Phi) is 4.41. The molecule has 1 aromatic carbocycles. The van der Waals surface area contributed by atoms with Gasteiger partial charge in [-0.3, -0.25) is 4.79 Å². The number of rotatable bonds is 4. The second-order valence-electron chi connectivity index (χ2n) is 5.51. The first-order valence-electron chi connectivity index (χ1n) is 7.72. The Morgan fingerprint density at radius 2 is 1.96 bits per heavy atom. The maximum atomic E-state index is 12.5. The van der Waals surface area contributed by atoms with E-state index in [1.807, 2.05) is 12.1 Å². The summed E-state index contributed by atoms with van der Waals surface area (Å²) in [5, 5.41) is 2.85. The van der Waals surface area contributed by atoms with Crippen molar-refractivity contribution in [3.05, 3.63) is 41.9 Å². The molecule has 0 unspecified atom stereocenters. The molecule has 0 saturated carbocycles. The van der Waals surface area contributed by atoms with Crippen LogP contribution in [0.25, 0.3) is 0 Å². The van der Waals surface area contributed by atoms with Crippen LogP contribution in [0.4, 0.5) is 11.5 Å². The van der Waals surface area contributed by atoms with E-state index in [9.17, 15) is 4.79 Å². The molecule has 0 bridgehead atoms. The summed E-state index contributed by atoms with van der Waals surface area (Å²) >= 11 is 0. The molecule has 120 valence electrons. The average molecular weight is 312 g/mol. The summed E-state index contributed by atoms with van der Waals surface area (Å²) in [6, 6.07) is 9.06. The number of carbonyl (C=O) groups is 1. The number of aryl methyl sites for hydroxylation is 1. The fraction of sp³-hybridized carbons (Fsp3) is 0.353. The molecule has 2 aromatic rings. The normalized spacial score (nSPS) is 13.9. The molecule has 1 aliphatic heterocycles. The van der Waals surface area contributed by atoms with Crippen molar-refractivity contribution < 1.29 is 9.53 Å². The lowest BCUT2D eigenvalue weighted by Gasteiger charge is -2.17. The first kappa shape index (κ1) is 15.3. The summed E-state index contributed by atoms with van der Waals surface area (Å²) in [5.41, 5.74) is 0.990. The van der Waals surface area contributed by atoms with Gasteiger partial charge in [0.25, 0.3) is 5.91 Å². The van der Waals surface area contributed by atoms with Gasteiger partial charge in [-0.1, -0.05) is 12.1 Å². The Bertz CT molecular complexity index is 711. The number of nitrogens with zero attached hydrogens (tertiary/aromatic N) is 3. The van der Waals surface area contributed by atoms with Crippen molar-refractivity contribution in [2.45, 2.75) is 19.8 Å². The predicted octanol–water partition coefficient (Wildman–Crippen LogP) is 2.65. The zero-order valence-corrected chi connectivity index (χ0v) is 13.4. The van der Waals surface area contributed by atoms with Crippen molar-refractivity contribution in [3.8, 4) is 5.75 Å². The topological polar surface area (TPSA) is 67.3 Å².